The van der Waals surface area contributed by atoms with Crippen molar-refractivity contribution in [1.29, 1.82) is 0 Å². The van der Waals surface area contributed by atoms with Crippen molar-refractivity contribution in [3.8, 4) is 0 Å². The van der Waals surface area contributed by atoms with Crippen LogP contribution in [0.15, 0.2) is 10.9 Å². The molecule has 104 valence electrons. The molecule has 2 rings (SSSR count). The first-order valence-electron chi connectivity index (χ1n) is 6.44. The third-order valence-electron chi connectivity index (χ3n) is 3.47. The number of amides is 1. The van der Waals surface area contributed by atoms with Crippen LogP contribution in [0, 0.1) is 11.8 Å². The van der Waals surface area contributed by atoms with Crippen molar-refractivity contribution in [3.63, 3.8) is 0 Å². The first kappa shape index (κ1) is 13.5. The lowest BCUT2D eigenvalue weighted by Crippen LogP contribution is -2.40. The zero-order chi connectivity index (χ0) is 13.7. The second-order valence-corrected chi connectivity index (χ2v) is 4.72. The van der Waals surface area contributed by atoms with Crippen LogP contribution >= 0.6 is 0 Å². The maximum absolute atomic E-state index is 12.0. The van der Waals surface area contributed by atoms with Crippen LogP contribution in [0.3, 0.4) is 0 Å². The Morgan fingerprint density at radius 3 is 2.74 bits per heavy atom. The van der Waals surface area contributed by atoms with Crippen LogP contribution in [0.2, 0.25) is 0 Å². The van der Waals surface area contributed by atoms with E-state index in [1.54, 1.807) is 0 Å². The van der Waals surface area contributed by atoms with Gasteiger partial charge in [-0.15, -0.1) is 0 Å². The van der Waals surface area contributed by atoms with Gasteiger partial charge in [0.25, 0.3) is 0 Å². The van der Waals surface area contributed by atoms with Crippen molar-refractivity contribution >= 4 is 11.9 Å². The van der Waals surface area contributed by atoms with Gasteiger partial charge in [0.1, 0.15) is 0 Å². The highest BCUT2D eigenvalue weighted by Gasteiger charge is 2.35. The lowest BCUT2D eigenvalue weighted by atomic mass is 9.79. The topological polar surface area (TPSA) is 105 Å². The number of carboxylic acid groups (broad SMARTS) is 1. The number of aromatic nitrogens is 2. The predicted molar refractivity (Wildman–Crippen MR) is 64.1 cm³/mol. The van der Waals surface area contributed by atoms with E-state index < -0.39 is 17.8 Å². The van der Waals surface area contributed by atoms with Crippen LogP contribution in [-0.4, -0.2) is 33.7 Å². The molecule has 1 amide bonds. The van der Waals surface area contributed by atoms with Crippen molar-refractivity contribution in [3.05, 3.63) is 12.2 Å². The molecular formula is C12H17N3O4. The van der Waals surface area contributed by atoms with Gasteiger partial charge in [-0.1, -0.05) is 18.0 Å². The second kappa shape index (κ2) is 6.31. The predicted octanol–water partition coefficient (Wildman–Crippen LogP) is 0.619. The number of carboxylic acids is 1. The van der Waals surface area contributed by atoms with E-state index in [0.29, 0.717) is 31.6 Å². The lowest BCUT2D eigenvalue weighted by molar-refractivity contribution is -0.148. The van der Waals surface area contributed by atoms with Gasteiger partial charge in [-0.05, 0) is 12.8 Å². The molecule has 0 saturated heterocycles. The summed E-state index contributed by atoms with van der Waals surface area (Å²) in [5.41, 5.74) is 0. The van der Waals surface area contributed by atoms with E-state index in [1.165, 1.54) is 6.39 Å². The molecule has 1 fully saturated rings. The number of hydrogen-bond donors (Lipinski definition) is 2. The summed E-state index contributed by atoms with van der Waals surface area (Å²) in [4.78, 5) is 27.0. The summed E-state index contributed by atoms with van der Waals surface area (Å²) in [5.74, 6) is -1.51. The Bertz CT molecular complexity index is 432. The normalized spacial score (nSPS) is 22.9. The van der Waals surface area contributed by atoms with Crippen LogP contribution in [0.25, 0.3) is 0 Å². The standard InChI is InChI=1S/C12H17N3O4/c16-11(13-6-5-10-14-7-19-15-10)8-3-1-2-4-9(8)12(17)18/h7-9H,1-6H2,(H,13,16)(H,17,18). The minimum absolute atomic E-state index is 0.185. The van der Waals surface area contributed by atoms with Crippen molar-refractivity contribution < 1.29 is 19.2 Å². The van der Waals surface area contributed by atoms with Crippen LogP contribution < -0.4 is 5.32 Å². The summed E-state index contributed by atoms with van der Waals surface area (Å²) in [6.45, 7) is 0.390. The largest absolute Gasteiger partial charge is 0.481 e. The fraction of sp³-hybridized carbons (Fsp3) is 0.667. The van der Waals surface area contributed by atoms with E-state index in [9.17, 15) is 9.59 Å². The van der Waals surface area contributed by atoms with Gasteiger partial charge in [-0.25, -0.2) is 0 Å². The summed E-state index contributed by atoms with van der Waals surface area (Å²) in [7, 11) is 0. The molecule has 1 saturated carbocycles. The van der Waals surface area contributed by atoms with Crippen molar-refractivity contribution in [2.75, 3.05) is 6.54 Å². The summed E-state index contributed by atoms with van der Waals surface area (Å²) in [6.07, 6.45) is 4.73. The molecule has 1 aliphatic rings. The van der Waals surface area contributed by atoms with Crippen LogP contribution in [-0.2, 0) is 16.0 Å². The molecular weight excluding hydrogens is 250 g/mol. The maximum Gasteiger partial charge on any atom is 0.307 e. The van der Waals surface area contributed by atoms with Gasteiger partial charge in [0, 0.05) is 13.0 Å². The Labute approximate surface area is 110 Å². The highest BCUT2D eigenvalue weighted by Crippen LogP contribution is 2.30. The third kappa shape index (κ3) is 3.52. The Balaban J connectivity index is 1.82. The van der Waals surface area contributed by atoms with Gasteiger partial charge < -0.3 is 14.9 Å². The number of carbonyl (C=O) groups excluding carboxylic acids is 1. The van der Waals surface area contributed by atoms with Crippen LogP contribution in [0.1, 0.15) is 31.5 Å². The van der Waals surface area contributed by atoms with Gasteiger partial charge in [0.2, 0.25) is 12.3 Å². The van der Waals surface area contributed by atoms with E-state index in [1.807, 2.05) is 0 Å². The molecule has 19 heavy (non-hydrogen) atoms. The molecule has 1 aromatic heterocycles. The van der Waals surface area contributed by atoms with Crippen molar-refractivity contribution in [2.24, 2.45) is 11.8 Å². The third-order valence-corrected chi connectivity index (χ3v) is 3.47. The molecule has 0 bridgehead atoms. The Hall–Kier alpha value is -1.92. The van der Waals surface area contributed by atoms with Gasteiger partial charge in [0.05, 0.1) is 11.8 Å². The molecule has 1 heterocycles. The van der Waals surface area contributed by atoms with E-state index in [4.69, 9.17) is 5.11 Å². The highest BCUT2D eigenvalue weighted by molar-refractivity contribution is 5.84. The summed E-state index contributed by atoms with van der Waals surface area (Å²) in [5, 5.41) is 15.5. The summed E-state index contributed by atoms with van der Waals surface area (Å²) in [6, 6.07) is 0. The molecule has 2 atom stereocenters. The minimum atomic E-state index is -0.877. The summed E-state index contributed by atoms with van der Waals surface area (Å²) >= 11 is 0. The average Bonchev–Trinajstić information content (AvgIpc) is 2.91. The fourth-order valence-corrected chi connectivity index (χ4v) is 2.47. The maximum atomic E-state index is 12.0. The zero-order valence-corrected chi connectivity index (χ0v) is 10.5. The molecule has 2 unspecified atom stereocenters. The zero-order valence-electron chi connectivity index (χ0n) is 10.5. The number of rotatable bonds is 5. The number of nitrogens with one attached hydrogen (secondary N) is 1. The molecule has 2 N–H and O–H groups in total. The fourth-order valence-electron chi connectivity index (χ4n) is 2.47. The highest BCUT2D eigenvalue weighted by atomic mass is 16.5. The molecule has 1 aromatic rings. The van der Waals surface area contributed by atoms with E-state index in [2.05, 4.69) is 20.0 Å². The van der Waals surface area contributed by atoms with Crippen molar-refractivity contribution in [2.45, 2.75) is 32.1 Å². The minimum Gasteiger partial charge on any atom is -0.481 e. The van der Waals surface area contributed by atoms with Crippen molar-refractivity contribution in [1.82, 2.24) is 15.5 Å². The van der Waals surface area contributed by atoms with Gasteiger partial charge >= 0.3 is 5.97 Å². The summed E-state index contributed by atoms with van der Waals surface area (Å²) < 4.78 is 4.59. The molecule has 0 spiro atoms. The lowest BCUT2D eigenvalue weighted by Gasteiger charge is -2.27. The van der Waals surface area contributed by atoms with E-state index in [0.717, 1.165) is 12.8 Å². The van der Waals surface area contributed by atoms with Gasteiger partial charge in [-0.3, -0.25) is 9.59 Å². The SMILES string of the molecule is O=C(O)C1CCCCC1C(=O)NCCc1ncon1. The molecule has 7 heteroatoms. The molecule has 7 nitrogen and oxygen atoms in total. The van der Waals surface area contributed by atoms with Gasteiger partial charge in [-0.2, -0.15) is 4.98 Å². The average molecular weight is 267 g/mol. The first-order chi connectivity index (χ1) is 9.18. The first-order valence-corrected chi connectivity index (χ1v) is 6.44. The number of carbonyl (C=O) groups is 2. The second-order valence-electron chi connectivity index (χ2n) is 4.72. The van der Waals surface area contributed by atoms with E-state index >= 15 is 0 Å². The Morgan fingerprint density at radius 2 is 2.11 bits per heavy atom. The monoisotopic (exact) mass is 267 g/mol. The quantitative estimate of drug-likeness (QED) is 0.810. The Morgan fingerprint density at radius 1 is 1.37 bits per heavy atom. The molecule has 0 aliphatic heterocycles. The number of nitrogens with zero attached hydrogens (tertiary/aromatic N) is 2. The molecule has 1 aliphatic carbocycles. The van der Waals surface area contributed by atoms with E-state index in [-0.39, 0.29) is 5.91 Å². The van der Waals surface area contributed by atoms with Gasteiger partial charge in [0.15, 0.2) is 5.82 Å². The molecule has 0 radical (unpaired) electrons. The Kier molecular flexibility index (Phi) is 4.48. The van der Waals surface area contributed by atoms with Crippen LogP contribution in [0.4, 0.5) is 0 Å². The molecule has 0 aromatic carbocycles. The van der Waals surface area contributed by atoms with Crippen LogP contribution in [0.5, 0.6) is 0 Å². The smallest absolute Gasteiger partial charge is 0.307 e. The number of aliphatic carboxylic acids is 1. The number of hydrogen-bond acceptors (Lipinski definition) is 5.